The predicted molar refractivity (Wildman–Crippen MR) is 120 cm³/mol. The number of nitrogens with one attached hydrogen (secondary N) is 1. The molecule has 2 aromatic carbocycles. The largest absolute Gasteiger partial charge is 0.497 e. The van der Waals surface area contributed by atoms with Crippen LogP contribution >= 0.6 is 11.3 Å². The third-order valence-corrected chi connectivity index (χ3v) is 6.24. The molecule has 0 saturated heterocycles. The van der Waals surface area contributed by atoms with Gasteiger partial charge in [-0.2, -0.15) is 0 Å². The van der Waals surface area contributed by atoms with Crippen LogP contribution in [0.5, 0.6) is 17.2 Å². The van der Waals surface area contributed by atoms with Gasteiger partial charge >= 0.3 is 0 Å². The second-order valence-corrected chi connectivity index (χ2v) is 8.41. The van der Waals surface area contributed by atoms with Crippen molar-refractivity contribution in [3.05, 3.63) is 58.3 Å². The number of carbonyl (C=O) groups is 1. The lowest BCUT2D eigenvalue weighted by Gasteiger charge is -2.25. The summed E-state index contributed by atoms with van der Waals surface area (Å²) < 4.78 is 16.7. The highest BCUT2D eigenvalue weighted by molar-refractivity contribution is 7.11. The summed E-state index contributed by atoms with van der Waals surface area (Å²) in [7, 11) is 3.29. The third-order valence-electron chi connectivity index (χ3n) is 5.14. The van der Waals surface area contributed by atoms with Gasteiger partial charge in [-0.05, 0) is 49.2 Å². The summed E-state index contributed by atoms with van der Waals surface area (Å²) >= 11 is 1.67. The Morgan fingerprint density at radius 1 is 1.03 bits per heavy atom. The van der Waals surface area contributed by atoms with E-state index < -0.39 is 0 Å². The molecule has 0 unspecified atom stereocenters. The molecular weight excluding hydrogens is 398 g/mol. The van der Waals surface area contributed by atoms with Crippen LogP contribution in [-0.4, -0.2) is 26.2 Å². The molecule has 0 saturated carbocycles. The van der Waals surface area contributed by atoms with Crippen molar-refractivity contribution in [1.82, 2.24) is 0 Å². The molecular formula is C24H25NO4S. The smallest absolute Gasteiger partial charge is 0.225 e. The molecule has 0 fully saturated rings. The molecule has 1 aliphatic rings. The van der Waals surface area contributed by atoms with Gasteiger partial charge in [0.05, 0.1) is 26.0 Å². The van der Waals surface area contributed by atoms with Crippen LogP contribution in [0.25, 0.3) is 11.1 Å². The van der Waals surface area contributed by atoms with Crippen molar-refractivity contribution < 1.29 is 19.0 Å². The van der Waals surface area contributed by atoms with E-state index in [1.807, 2.05) is 56.3 Å². The average molecular weight is 424 g/mol. The van der Waals surface area contributed by atoms with Crippen LogP contribution in [0.2, 0.25) is 0 Å². The van der Waals surface area contributed by atoms with Gasteiger partial charge in [0.15, 0.2) is 11.5 Å². The number of hydrogen-bond acceptors (Lipinski definition) is 5. The van der Waals surface area contributed by atoms with Gasteiger partial charge in [0.1, 0.15) is 5.75 Å². The number of amides is 1. The number of carbonyl (C=O) groups excluding carboxylic acids is 1. The Morgan fingerprint density at radius 3 is 2.47 bits per heavy atom. The van der Waals surface area contributed by atoms with Crippen molar-refractivity contribution in [3.8, 4) is 28.4 Å². The topological polar surface area (TPSA) is 56.8 Å². The Labute approximate surface area is 180 Å². The molecule has 1 aromatic heterocycles. The summed E-state index contributed by atoms with van der Waals surface area (Å²) in [6.45, 7) is 3.97. The first-order valence-electron chi connectivity index (χ1n) is 9.90. The fraction of sp³-hybridized carbons (Fsp3) is 0.292. The Morgan fingerprint density at radius 2 is 1.80 bits per heavy atom. The molecule has 1 aliphatic heterocycles. The first-order chi connectivity index (χ1) is 14.5. The highest BCUT2D eigenvalue weighted by atomic mass is 32.1. The Balaban J connectivity index is 1.72. The zero-order valence-electron chi connectivity index (χ0n) is 17.5. The van der Waals surface area contributed by atoms with E-state index in [0.717, 1.165) is 33.0 Å². The number of ether oxygens (including phenoxy) is 3. The number of rotatable bonds is 6. The highest BCUT2D eigenvalue weighted by Crippen LogP contribution is 2.47. The van der Waals surface area contributed by atoms with Crippen molar-refractivity contribution >= 4 is 22.9 Å². The molecule has 2 heterocycles. The first kappa shape index (κ1) is 20.3. The van der Waals surface area contributed by atoms with Crippen LogP contribution in [0.3, 0.4) is 0 Å². The number of thiophene rings is 1. The highest BCUT2D eigenvalue weighted by Gasteiger charge is 2.31. The molecule has 0 aliphatic carbocycles. The predicted octanol–water partition coefficient (Wildman–Crippen LogP) is 5.69. The average Bonchev–Trinajstić information content (AvgIpc) is 3.17. The molecule has 0 bridgehead atoms. The van der Waals surface area contributed by atoms with Crippen molar-refractivity contribution in [1.29, 1.82) is 0 Å². The van der Waals surface area contributed by atoms with Crippen LogP contribution in [0.15, 0.2) is 47.8 Å². The van der Waals surface area contributed by atoms with Crippen LogP contribution in [0, 0.1) is 0 Å². The number of methoxy groups -OCH3 is 2. The van der Waals surface area contributed by atoms with E-state index in [-0.39, 0.29) is 17.9 Å². The van der Waals surface area contributed by atoms with Gasteiger partial charge in [0.2, 0.25) is 5.91 Å². The lowest BCUT2D eigenvalue weighted by molar-refractivity contribution is -0.116. The maximum Gasteiger partial charge on any atom is 0.225 e. The molecule has 4 rings (SSSR count). The van der Waals surface area contributed by atoms with E-state index in [2.05, 4.69) is 10.7 Å². The van der Waals surface area contributed by atoms with Gasteiger partial charge in [0.25, 0.3) is 0 Å². The number of hydrogen-bond donors (Lipinski definition) is 1. The molecule has 3 aromatic rings. The monoisotopic (exact) mass is 423 g/mol. The minimum absolute atomic E-state index is 0.0159. The third kappa shape index (κ3) is 3.87. The van der Waals surface area contributed by atoms with Crippen molar-refractivity contribution in [2.24, 2.45) is 0 Å². The normalized spacial score (nSPS) is 15.5. The van der Waals surface area contributed by atoms with Crippen molar-refractivity contribution in [2.75, 3.05) is 19.5 Å². The molecule has 0 radical (unpaired) electrons. The second kappa shape index (κ2) is 8.40. The van der Waals surface area contributed by atoms with Crippen LogP contribution < -0.4 is 19.5 Å². The van der Waals surface area contributed by atoms with Gasteiger partial charge in [-0.15, -0.1) is 11.3 Å². The fourth-order valence-electron chi connectivity index (χ4n) is 3.73. The van der Waals surface area contributed by atoms with Crippen molar-refractivity contribution in [3.63, 3.8) is 0 Å². The molecule has 1 N–H and O–H groups in total. The van der Waals surface area contributed by atoms with Crippen LogP contribution in [-0.2, 0) is 4.79 Å². The van der Waals surface area contributed by atoms with E-state index in [1.165, 1.54) is 0 Å². The van der Waals surface area contributed by atoms with E-state index in [0.29, 0.717) is 17.9 Å². The van der Waals surface area contributed by atoms with Crippen LogP contribution in [0.1, 0.15) is 36.6 Å². The summed E-state index contributed by atoms with van der Waals surface area (Å²) in [5, 5.41) is 5.20. The van der Waals surface area contributed by atoms with E-state index >= 15 is 0 Å². The fourth-order valence-corrected chi connectivity index (χ4v) is 4.89. The molecule has 1 amide bonds. The minimum atomic E-state index is -0.0206. The van der Waals surface area contributed by atoms with E-state index in [4.69, 9.17) is 14.2 Å². The molecule has 6 heteroatoms. The molecule has 1 atom stereocenters. The summed E-state index contributed by atoms with van der Waals surface area (Å²) in [4.78, 5) is 13.7. The van der Waals surface area contributed by atoms with Gasteiger partial charge in [-0.25, -0.2) is 0 Å². The van der Waals surface area contributed by atoms with Crippen molar-refractivity contribution in [2.45, 2.75) is 32.3 Å². The maximum absolute atomic E-state index is 12.6. The van der Waals surface area contributed by atoms with Gasteiger partial charge < -0.3 is 19.5 Å². The summed E-state index contributed by atoms with van der Waals surface area (Å²) in [6, 6.07) is 13.8. The lowest BCUT2D eigenvalue weighted by Crippen LogP contribution is -2.22. The van der Waals surface area contributed by atoms with Gasteiger partial charge in [-0.3, -0.25) is 4.79 Å². The summed E-state index contributed by atoms with van der Waals surface area (Å²) in [5.41, 5.74) is 4.02. The first-order valence-corrected chi connectivity index (χ1v) is 10.8. The summed E-state index contributed by atoms with van der Waals surface area (Å²) in [5.74, 6) is 2.19. The van der Waals surface area contributed by atoms with E-state index in [9.17, 15) is 4.79 Å². The van der Waals surface area contributed by atoms with E-state index in [1.54, 1.807) is 25.6 Å². The maximum atomic E-state index is 12.6. The molecule has 156 valence electrons. The van der Waals surface area contributed by atoms with Gasteiger partial charge in [-0.1, -0.05) is 18.2 Å². The molecule has 5 nitrogen and oxygen atoms in total. The number of fused-ring (bicyclic) bond motifs is 1. The number of anilines is 1. The van der Waals surface area contributed by atoms with Crippen LogP contribution in [0.4, 0.5) is 5.69 Å². The second-order valence-electron chi connectivity index (χ2n) is 7.50. The number of benzene rings is 2. The zero-order chi connectivity index (χ0) is 21.3. The Hall–Kier alpha value is -2.99. The standard InChI is InChI=1S/C24H25NO4S/c1-14(2)29-20-10-7-16(11-21(20)28-4)18-12-22(26)25-23-19(13-30-24(18)23)15-5-8-17(27-3)9-6-15/h5-11,13-14,18H,12H2,1-4H3,(H,25,26)/t18-/m1/s1. The van der Waals surface area contributed by atoms with Gasteiger partial charge in [0, 0.05) is 28.2 Å². The molecule has 0 spiro atoms. The summed E-state index contributed by atoms with van der Waals surface area (Å²) in [6.07, 6.45) is 0.462. The zero-order valence-corrected chi connectivity index (χ0v) is 18.3. The Bertz CT molecular complexity index is 1060. The Kier molecular flexibility index (Phi) is 5.68. The lowest BCUT2D eigenvalue weighted by atomic mass is 9.89. The SMILES string of the molecule is COc1ccc(-c2csc3c2NC(=O)C[C@@H]3c2ccc(OC(C)C)c(OC)c2)cc1. The quantitative estimate of drug-likeness (QED) is 0.553. The molecule has 30 heavy (non-hydrogen) atoms. The minimum Gasteiger partial charge on any atom is -0.497 e.